The Kier molecular flexibility index (Phi) is 3.24. The van der Waals surface area contributed by atoms with E-state index in [-0.39, 0.29) is 5.75 Å². The Hall–Kier alpha value is -2.58. The van der Waals surface area contributed by atoms with Crippen LogP contribution in [0.2, 0.25) is 0 Å². The van der Waals surface area contributed by atoms with E-state index in [1.165, 1.54) is 11.3 Å². The number of phenols is 1. The smallest absolute Gasteiger partial charge is 0.141 e. The van der Waals surface area contributed by atoms with Gasteiger partial charge >= 0.3 is 0 Å². The molecule has 3 rings (SSSR count). The average molecular weight is 296 g/mol. The first-order valence-corrected chi connectivity index (χ1v) is 7.24. The molecule has 21 heavy (non-hydrogen) atoms. The van der Waals surface area contributed by atoms with Gasteiger partial charge in [0.25, 0.3) is 0 Å². The van der Waals surface area contributed by atoms with Crippen molar-refractivity contribution < 1.29 is 9.63 Å². The molecule has 3 aromatic rings. The molecule has 0 aliphatic carbocycles. The summed E-state index contributed by atoms with van der Waals surface area (Å²) in [7, 11) is 0. The van der Waals surface area contributed by atoms with Crippen LogP contribution < -0.4 is 0 Å². The Morgan fingerprint density at radius 3 is 2.48 bits per heavy atom. The lowest BCUT2D eigenvalue weighted by molar-refractivity contribution is 0.393. The molecule has 0 atom stereocenters. The highest BCUT2D eigenvalue weighted by atomic mass is 32.1. The summed E-state index contributed by atoms with van der Waals surface area (Å²) in [6.07, 6.45) is 0. The van der Waals surface area contributed by atoms with Gasteiger partial charge in [0.05, 0.1) is 5.69 Å². The van der Waals surface area contributed by atoms with Crippen LogP contribution in [0.3, 0.4) is 0 Å². The molecular formula is C16H12N2O2S. The van der Waals surface area contributed by atoms with E-state index >= 15 is 0 Å². The summed E-state index contributed by atoms with van der Waals surface area (Å²) in [4.78, 5) is 0.632. The molecule has 0 bridgehead atoms. The van der Waals surface area contributed by atoms with Crippen LogP contribution >= 0.6 is 11.3 Å². The lowest BCUT2D eigenvalue weighted by Crippen LogP contribution is -1.86. The molecule has 0 saturated heterocycles. The van der Waals surface area contributed by atoms with Crippen LogP contribution in [0.15, 0.2) is 34.2 Å². The van der Waals surface area contributed by atoms with E-state index in [1.807, 2.05) is 31.4 Å². The quantitative estimate of drug-likeness (QED) is 0.767. The van der Waals surface area contributed by atoms with Gasteiger partial charge in [-0.3, -0.25) is 0 Å². The molecule has 1 aromatic carbocycles. The Morgan fingerprint density at radius 1 is 1.19 bits per heavy atom. The summed E-state index contributed by atoms with van der Waals surface area (Å²) in [6.45, 7) is 3.71. The number of thiophene rings is 1. The van der Waals surface area contributed by atoms with Crippen molar-refractivity contribution in [2.75, 3.05) is 0 Å². The topological polar surface area (TPSA) is 70.1 Å². The first-order chi connectivity index (χ1) is 10.1. The minimum absolute atomic E-state index is 0.216. The third-order valence-electron chi connectivity index (χ3n) is 3.35. The Bertz CT molecular complexity index is 819. The predicted octanol–water partition coefficient (Wildman–Crippen LogP) is 4.26. The minimum atomic E-state index is 0.216. The summed E-state index contributed by atoms with van der Waals surface area (Å²) in [5, 5.41) is 24.7. The van der Waals surface area contributed by atoms with E-state index < -0.39 is 0 Å². The van der Waals surface area contributed by atoms with E-state index in [1.54, 1.807) is 12.1 Å². The number of nitriles is 1. The lowest BCUT2D eigenvalue weighted by atomic mass is 9.96. The van der Waals surface area contributed by atoms with E-state index in [0.717, 1.165) is 27.9 Å². The van der Waals surface area contributed by atoms with E-state index in [2.05, 4.69) is 11.2 Å². The van der Waals surface area contributed by atoms with Crippen LogP contribution in [0.5, 0.6) is 5.75 Å². The summed E-state index contributed by atoms with van der Waals surface area (Å²) < 4.78 is 5.23. The molecule has 104 valence electrons. The highest BCUT2D eigenvalue weighted by Gasteiger charge is 2.21. The second-order valence-electron chi connectivity index (χ2n) is 4.71. The maximum atomic E-state index is 9.42. The fourth-order valence-electron chi connectivity index (χ4n) is 2.38. The van der Waals surface area contributed by atoms with Crippen molar-refractivity contribution >= 4 is 11.3 Å². The number of benzene rings is 1. The van der Waals surface area contributed by atoms with Gasteiger partial charge in [-0.2, -0.15) is 5.26 Å². The van der Waals surface area contributed by atoms with Crippen molar-refractivity contribution in [2.45, 2.75) is 13.8 Å². The van der Waals surface area contributed by atoms with Crippen molar-refractivity contribution in [1.82, 2.24) is 5.16 Å². The molecule has 2 heterocycles. The number of hydrogen-bond donors (Lipinski definition) is 1. The van der Waals surface area contributed by atoms with Crippen LogP contribution in [0.1, 0.15) is 16.3 Å². The van der Waals surface area contributed by atoms with Crippen molar-refractivity contribution in [3.05, 3.63) is 46.0 Å². The van der Waals surface area contributed by atoms with Crippen molar-refractivity contribution in [3.63, 3.8) is 0 Å². The number of phenolic OH excluding ortho intramolecular Hbond substituents is 1. The Balaban J connectivity index is 2.27. The van der Waals surface area contributed by atoms with E-state index in [9.17, 15) is 10.4 Å². The number of nitrogens with zero attached hydrogens (tertiary/aromatic N) is 2. The summed E-state index contributed by atoms with van der Waals surface area (Å²) >= 11 is 1.40. The van der Waals surface area contributed by atoms with Crippen molar-refractivity contribution in [2.24, 2.45) is 0 Å². The highest BCUT2D eigenvalue weighted by Crippen LogP contribution is 2.41. The van der Waals surface area contributed by atoms with Gasteiger partial charge in [0, 0.05) is 22.1 Å². The zero-order chi connectivity index (χ0) is 15.0. The van der Waals surface area contributed by atoms with Crippen LogP contribution in [0.25, 0.3) is 22.3 Å². The number of hydrogen-bond acceptors (Lipinski definition) is 5. The summed E-state index contributed by atoms with van der Waals surface area (Å²) in [5.74, 6) is 0.913. The lowest BCUT2D eigenvalue weighted by Gasteiger charge is -2.05. The SMILES string of the molecule is Cc1noc(C)c1-c1c(-c2ccc(O)cc2)csc1C#N. The molecule has 0 radical (unpaired) electrons. The predicted molar refractivity (Wildman–Crippen MR) is 81.1 cm³/mol. The van der Waals surface area contributed by atoms with Gasteiger partial charge in [-0.25, -0.2) is 0 Å². The molecule has 0 saturated carbocycles. The molecule has 1 N–H and O–H groups in total. The molecule has 2 aromatic heterocycles. The highest BCUT2D eigenvalue weighted by molar-refractivity contribution is 7.11. The molecule has 0 aliphatic heterocycles. The fourth-order valence-corrected chi connectivity index (χ4v) is 3.25. The van der Waals surface area contributed by atoms with Crippen molar-refractivity contribution in [3.8, 4) is 34.1 Å². The minimum Gasteiger partial charge on any atom is -0.508 e. The van der Waals surface area contributed by atoms with E-state index in [4.69, 9.17) is 4.52 Å². The second-order valence-corrected chi connectivity index (χ2v) is 5.59. The normalized spacial score (nSPS) is 10.5. The van der Waals surface area contributed by atoms with Crippen LogP contribution in [0, 0.1) is 25.2 Å². The Labute approximate surface area is 125 Å². The van der Waals surface area contributed by atoms with Crippen molar-refractivity contribution in [1.29, 1.82) is 5.26 Å². The maximum absolute atomic E-state index is 9.42. The second kappa shape index (κ2) is 5.08. The molecule has 0 aliphatic rings. The summed E-state index contributed by atoms with van der Waals surface area (Å²) in [6, 6.07) is 9.18. The van der Waals surface area contributed by atoms with Gasteiger partial charge < -0.3 is 9.63 Å². The monoisotopic (exact) mass is 296 g/mol. The van der Waals surface area contributed by atoms with Gasteiger partial charge in [0.1, 0.15) is 22.5 Å². The first kappa shape index (κ1) is 13.4. The number of rotatable bonds is 2. The Morgan fingerprint density at radius 2 is 1.90 bits per heavy atom. The molecule has 0 spiro atoms. The molecular weight excluding hydrogens is 284 g/mol. The van der Waals surface area contributed by atoms with Gasteiger partial charge in [0.15, 0.2) is 0 Å². The standard InChI is InChI=1S/C16H12N2O2S/c1-9-15(10(2)20-18-9)16-13(8-21-14(16)7-17)11-3-5-12(19)6-4-11/h3-6,8,19H,1-2H3. The number of aromatic hydroxyl groups is 1. The largest absolute Gasteiger partial charge is 0.508 e. The summed E-state index contributed by atoms with van der Waals surface area (Å²) in [5.41, 5.74) is 4.38. The fraction of sp³-hybridized carbons (Fsp3) is 0.125. The molecule has 0 unspecified atom stereocenters. The molecule has 0 amide bonds. The zero-order valence-corrected chi connectivity index (χ0v) is 12.4. The van der Waals surface area contributed by atoms with Crippen LogP contribution in [-0.4, -0.2) is 10.3 Å². The third kappa shape index (κ3) is 2.20. The average Bonchev–Trinajstić information content (AvgIpc) is 3.03. The van der Waals surface area contributed by atoms with Gasteiger partial charge in [-0.1, -0.05) is 17.3 Å². The molecule has 5 heteroatoms. The molecule has 4 nitrogen and oxygen atoms in total. The van der Waals surface area contributed by atoms with E-state index in [0.29, 0.717) is 10.6 Å². The van der Waals surface area contributed by atoms with Gasteiger partial charge in [-0.05, 0) is 31.5 Å². The molecule has 0 fully saturated rings. The maximum Gasteiger partial charge on any atom is 0.141 e. The van der Waals surface area contributed by atoms with Crippen LogP contribution in [-0.2, 0) is 0 Å². The first-order valence-electron chi connectivity index (χ1n) is 6.36. The van der Waals surface area contributed by atoms with Gasteiger partial charge in [-0.15, -0.1) is 11.3 Å². The van der Waals surface area contributed by atoms with Gasteiger partial charge in [0.2, 0.25) is 0 Å². The number of aryl methyl sites for hydroxylation is 2. The zero-order valence-electron chi connectivity index (χ0n) is 11.5. The number of aromatic nitrogens is 1. The third-order valence-corrected chi connectivity index (χ3v) is 4.24. The van der Waals surface area contributed by atoms with Crippen LogP contribution in [0.4, 0.5) is 0 Å².